The fourth-order valence-electron chi connectivity index (χ4n) is 4.30. The van der Waals surface area contributed by atoms with E-state index in [4.69, 9.17) is 4.74 Å². The molecule has 1 amide bonds. The van der Waals surface area contributed by atoms with Gasteiger partial charge in [0.1, 0.15) is 5.75 Å². The lowest BCUT2D eigenvalue weighted by Gasteiger charge is -2.31. The second kappa shape index (κ2) is 9.18. The molecule has 0 bridgehead atoms. The van der Waals surface area contributed by atoms with Crippen molar-refractivity contribution in [2.45, 2.75) is 31.8 Å². The van der Waals surface area contributed by atoms with E-state index in [9.17, 15) is 13.2 Å². The topological polar surface area (TPSA) is 79.0 Å². The third-order valence-corrected chi connectivity index (χ3v) is 6.98. The molecule has 166 valence electrons. The van der Waals surface area contributed by atoms with Crippen LogP contribution in [0.25, 0.3) is 0 Å². The molecule has 2 aromatic carbocycles. The van der Waals surface area contributed by atoms with Gasteiger partial charge in [0, 0.05) is 38.3 Å². The summed E-state index contributed by atoms with van der Waals surface area (Å²) >= 11 is 0. The van der Waals surface area contributed by atoms with Crippen molar-refractivity contribution >= 4 is 27.3 Å². The quantitative estimate of drug-likeness (QED) is 0.695. The molecule has 0 radical (unpaired) electrons. The molecule has 1 unspecified atom stereocenters. The number of anilines is 2. The highest BCUT2D eigenvalue weighted by atomic mass is 32.2. The van der Waals surface area contributed by atoms with E-state index in [-0.39, 0.29) is 12.5 Å². The number of fused-ring (bicyclic) bond motifs is 2. The largest absolute Gasteiger partial charge is 0.478 e. The highest BCUT2D eigenvalue weighted by Crippen LogP contribution is 2.33. The Bertz CT molecular complexity index is 1040. The van der Waals surface area contributed by atoms with Gasteiger partial charge in [0.2, 0.25) is 10.0 Å². The summed E-state index contributed by atoms with van der Waals surface area (Å²) in [5.41, 5.74) is 3.16. The maximum atomic E-state index is 12.7. The standard InChI is InChI=1S/C23H29N3O4S/c1-31(28,29)26-17-13-22(30-21-12-5-4-11-20(21)26)23(27)24-14-7-16-25-15-6-9-18-8-2-3-10-19(18)25/h2-5,8,10-12,22H,6-7,9,13-17H2,1H3,(H,24,27). The molecular weight excluding hydrogens is 414 g/mol. The van der Waals surface area contributed by atoms with Crippen molar-refractivity contribution in [1.82, 2.24) is 5.32 Å². The Labute approximate surface area is 184 Å². The molecule has 2 aliphatic rings. The monoisotopic (exact) mass is 443 g/mol. The molecular formula is C23H29N3O4S. The SMILES string of the molecule is CS(=O)(=O)N1CCC(C(=O)NCCCN2CCCc3ccccc32)Oc2ccccc21. The molecule has 1 atom stereocenters. The van der Waals surface area contributed by atoms with Crippen LogP contribution in [0.2, 0.25) is 0 Å². The first-order chi connectivity index (χ1) is 14.9. The fraction of sp³-hybridized carbons (Fsp3) is 0.435. The summed E-state index contributed by atoms with van der Waals surface area (Å²) in [4.78, 5) is 15.1. The lowest BCUT2D eigenvalue weighted by Crippen LogP contribution is -2.41. The molecule has 2 aromatic rings. The minimum Gasteiger partial charge on any atom is -0.478 e. The number of carbonyl (C=O) groups is 1. The van der Waals surface area contributed by atoms with Crippen LogP contribution in [0.4, 0.5) is 11.4 Å². The minimum absolute atomic E-state index is 0.204. The van der Waals surface area contributed by atoms with Crippen LogP contribution in [-0.4, -0.2) is 52.9 Å². The molecule has 2 aliphatic heterocycles. The number of nitrogens with zero attached hydrogens (tertiary/aromatic N) is 2. The van der Waals surface area contributed by atoms with Crippen molar-refractivity contribution in [3.8, 4) is 5.75 Å². The number of nitrogens with one attached hydrogen (secondary N) is 1. The van der Waals surface area contributed by atoms with Crippen molar-refractivity contribution in [2.75, 3.05) is 41.6 Å². The number of aryl methyl sites for hydroxylation is 1. The van der Waals surface area contributed by atoms with Crippen molar-refractivity contribution < 1.29 is 17.9 Å². The van der Waals surface area contributed by atoms with Crippen LogP contribution in [0.5, 0.6) is 5.75 Å². The molecule has 0 fully saturated rings. The number of rotatable bonds is 6. The Kier molecular flexibility index (Phi) is 6.36. The second-order valence-corrected chi connectivity index (χ2v) is 9.97. The van der Waals surface area contributed by atoms with E-state index in [1.807, 2.05) is 0 Å². The zero-order chi connectivity index (χ0) is 21.8. The predicted octanol–water partition coefficient (Wildman–Crippen LogP) is 2.56. The molecule has 2 heterocycles. The van der Waals surface area contributed by atoms with E-state index < -0.39 is 16.1 Å². The smallest absolute Gasteiger partial charge is 0.261 e. The zero-order valence-electron chi connectivity index (χ0n) is 17.8. The van der Waals surface area contributed by atoms with Gasteiger partial charge in [-0.05, 0) is 43.0 Å². The first-order valence-electron chi connectivity index (χ1n) is 10.8. The Hall–Kier alpha value is -2.74. The summed E-state index contributed by atoms with van der Waals surface area (Å²) in [7, 11) is -3.45. The van der Waals surface area contributed by atoms with Crippen LogP contribution < -0.4 is 19.3 Å². The highest BCUT2D eigenvalue weighted by Gasteiger charge is 2.30. The van der Waals surface area contributed by atoms with Crippen molar-refractivity contribution in [3.63, 3.8) is 0 Å². The summed E-state index contributed by atoms with van der Waals surface area (Å²) in [6, 6.07) is 15.4. The summed E-state index contributed by atoms with van der Waals surface area (Å²) < 4.78 is 31.6. The van der Waals surface area contributed by atoms with E-state index in [0.717, 1.165) is 32.4 Å². The highest BCUT2D eigenvalue weighted by molar-refractivity contribution is 7.92. The maximum absolute atomic E-state index is 12.7. The van der Waals surface area contributed by atoms with Gasteiger partial charge in [-0.25, -0.2) is 8.42 Å². The van der Waals surface area contributed by atoms with Gasteiger partial charge in [-0.3, -0.25) is 9.10 Å². The predicted molar refractivity (Wildman–Crippen MR) is 122 cm³/mol. The Balaban J connectivity index is 1.33. The van der Waals surface area contributed by atoms with Gasteiger partial charge in [-0.2, -0.15) is 0 Å². The molecule has 4 rings (SSSR count). The van der Waals surface area contributed by atoms with Crippen LogP contribution in [0, 0.1) is 0 Å². The van der Waals surface area contributed by atoms with Gasteiger partial charge < -0.3 is 15.0 Å². The molecule has 7 nitrogen and oxygen atoms in total. The molecule has 0 aliphatic carbocycles. The molecule has 0 saturated carbocycles. The number of para-hydroxylation sites is 3. The molecule has 0 spiro atoms. The van der Waals surface area contributed by atoms with Crippen LogP contribution >= 0.6 is 0 Å². The van der Waals surface area contributed by atoms with E-state index in [0.29, 0.717) is 24.4 Å². The molecule has 0 saturated heterocycles. The van der Waals surface area contributed by atoms with Crippen LogP contribution in [0.15, 0.2) is 48.5 Å². The van der Waals surface area contributed by atoms with E-state index in [2.05, 4.69) is 34.5 Å². The average Bonchev–Trinajstić information content (AvgIpc) is 2.96. The van der Waals surface area contributed by atoms with Crippen molar-refractivity contribution in [3.05, 3.63) is 54.1 Å². The summed E-state index contributed by atoms with van der Waals surface area (Å²) in [6.07, 6.45) is 3.85. The minimum atomic E-state index is -3.45. The number of sulfonamides is 1. The van der Waals surface area contributed by atoms with Crippen molar-refractivity contribution in [1.29, 1.82) is 0 Å². The van der Waals surface area contributed by atoms with E-state index >= 15 is 0 Å². The molecule has 0 aromatic heterocycles. The van der Waals surface area contributed by atoms with Gasteiger partial charge in [0.15, 0.2) is 6.10 Å². The normalized spacial score (nSPS) is 18.4. The fourth-order valence-corrected chi connectivity index (χ4v) is 5.24. The number of benzene rings is 2. The lowest BCUT2D eigenvalue weighted by molar-refractivity contribution is -0.128. The van der Waals surface area contributed by atoms with E-state index in [1.165, 1.54) is 21.8 Å². The first kappa shape index (κ1) is 21.5. The van der Waals surface area contributed by atoms with Crippen LogP contribution in [0.3, 0.4) is 0 Å². The summed E-state index contributed by atoms with van der Waals surface area (Å²) in [5, 5.41) is 2.97. The molecule has 1 N–H and O–H groups in total. The zero-order valence-corrected chi connectivity index (χ0v) is 18.6. The van der Waals surface area contributed by atoms with Gasteiger partial charge >= 0.3 is 0 Å². The maximum Gasteiger partial charge on any atom is 0.261 e. The van der Waals surface area contributed by atoms with Gasteiger partial charge in [0.05, 0.1) is 11.9 Å². The Morgan fingerprint density at radius 1 is 1.10 bits per heavy atom. The Morgan fingerprint density at radius 2 is 1.84 bits per heavy atom. The van der Waals surface area contributed by atoms with Crippen molar-refractivity contribution in [2.24, 2.45) is 0 Å². The number of ether oxygens (including phenoxy) is 1. The van der Waals surface area contributed by atoms with Gasteiger partial charge in [-0.1, -0.05) is 30.3 Å². The summed E-state index contributed by atoms with van der Waals surface area (Å²) in [6.45, 7) is 2.68. The number of amides is 1. The lowest BCUT2D eigenvalue weighted by atomic mass is 10.0. The molecule has 31 heavy (non-hydrogen) atoms. The van der Waals surface area contributed by atoms with Gasteiger partial charge in [0.25, 0.3) is 5.91 Å². The second-order valence-electron chi connectivity index (χ2n) is 8.06. The third-order valence-electron chi connectivity index (χ3n) is 5.80. The Morgan fingerprint density at radius 3 is 2.65 bits per heavy atom. The van der Waals surface area contributed by atoms with Gasteiger partial charge in [-0.15, -0.1) is 0 Å². The average molecular weight is 444 g/mol. The van der Waals surface area contributed by atoms with Crippen LogP contribution in [0.1, 0.15) is 24.8 Å². The van der Waals surface area contributed by atoms with E-state index in [1.54, 1.807) is 24.3 Å². The third kappa shape index (κ3) is 4.95. The van der Waals surface area contributed by atoms with Crippen LogP contribution in [-0.2, 0) is 21.2 Å². The number of hydrogen-bond donors (Lipinski definition) is 1. The summed E-state index contributed by atoms with van der Waals surface area (Å²) in [5.74, 6) is 0.208. The number of hydrogen-bond acceptors (Lipinski definition) is 5. The number of carbonyl (C=O) groups excluding carboxylic acids is 1. The first-order valence-corrected chi connectivity index (χ1v) is 12.6. The molecule has 8 heteroatoms.